The first kappa shape index (κ1) is 13.7. The number of carbonyl (C=O) groups is 2. The Balaban J connectivity index is 1.49. The predicted octanol–water partition coefficient (Wildman–Crippen LogP) is 0.872. The monoisotopic (exact) mass is 281 g/mol. The van der Waals surface area contributed by atoms with E-state index in [4.69, 9.17) is 5.11 Å². The van der Waals surface area contributed by atoms with Crippen molar-refractivity contribution >= 4 is 12.0 Å². The van der Waals surface area contributed by atoms with Gasteiger partial charge < -0.3 is 15.3 Å². The number of carboxylic acid groups (broad SMARTS) is 1. The van der Waals surface area contributed by atoms with Crippen LogP contribution in [0.4, 0.5) is 4.79 Å². The number of carbonyl (C=O) groups excluding carboxylic acids is 1. The highest BCUT2D eigenvalue weighted by atomic mass is 16.4. The summed E-state index contributed by atoms with van der Waals surface area (Å²) in [4.78, 5) is 27.3. The number of amides is 2. The van der Waals surface area contributed by atoms with Gasteiger partial charge in [0.05, 0.1) is 6.42 Å². The van der Waals surface area contributed by atoms with Crippen molar-refractivity contribution in [2.24, 2.45) is 0 Å². The van der Waals surface area contributed by atoms with Gasteiger partial charge in [-0.05, 0) is 32.1 Å². The second-order valence-corrected chi connectivity index (χ2v) is 6.25. The molecule has 2 amide bonds. The van der Waals surface area contributed by atoms with E-state index in [9.17, 15) is 9.59 Å². The van der Waals surface area contributed by atoms with E-state index in [2.05, 4.69) is 10.2 Å². The summed E-state index contributed by atoms with van der Waals surface area (Å²) in [7, 11) is 0. The largest absolute Gasteiger partial charge is 0.481 e. The van der Waals surface area contributed by atoms with Gasteiger partial charge in [0.1, 0.15) is 0 Å². The van der Waals surface area contributed by atoms with E-state index >= 15 is 0 Å². The Kier molecular flexibility index (Phi) is 3.83. The fourth-order valence-corrected chi connectivity index (χ4v) is 3.45. The van der Waals surface area contributed by atoms with Crippen LogP contribution in [0.1, 0.15) is 38.5 Å². The smallest absolute Gasteiger partial charge is 0.317 e. The van der Waals surface area contributed by atoms with Crippen molar-refractivity contribution in [1.29, 1.82) is 0 Å². The SMILES string of the molecule is O=C(O)CC1CCCN1C(=O)NC1CCN(C2CC2)C1. The van der Waals surface area contributed by atoms with Gasteiger partial charge in [-0.3, -0.25) is 9.69 Å². The number of rotatable bonds is 4. The molecule has 1 aliphatic carbocycles. The molecule has 0 spiro atoms. The minimum absolute atomic E-state index is 0.0618. The summed E-state index contributed by atoms with van der Waals surface area (Å²) in [6.45, 7) is 2.71. The number of hydrogen-bond donors (Lipinski definition) is 2. The van der Waals surface area contributed by atoms with Crippen molar-refractivity contribution in [3.63, 3.8) is 0 Å². The molecule has 6 nitrogen and oxygen atoms in total. The lowest BCUT2D eigenvalue weighted by molar-refractivity contribution is -0.137. The third kappa shape index (κ3) is 3.06. The van der Waals surface area contributed by atoms with Crippen molar-refractivity contribution in [1.82, 2.24) is 15.1 Å². The zero-order valence-electron chi connectivity index (χ0n) is 11.8. The van der Waals surface area contributed by atoms with Gasteiger partial charge in [0, 0.05) is 37.8 Å². The summed E-state index contributed by atoms with van der Waals surface area (Å²) in [6, 6.07) is 0.780. The Morgan fingerprint density at radius 3 is 2.65 bits per heavy atom. The van der Waals surface area contributed by atoms with Gasteiger partial charge in [-0.2, -0.15) is 0 Å². The highest BCUT2D eigenvalue weighted by Crippen LogP contribution is 2.30. The number of likely N-dealkylation sites (tertiary alicyclic amines) is 2. The van der Waals surface area contributed by atoms with Crippen LogP contribution in [-0.4, -0.2) is 64.7 Å². The summed E-state index contributed by atoms with van der Waals surface area (Å²) < 4.78 is 0. The number of hydrogen-bond acceptors (Lipinski definition) is 3. The summed E-state index contributed by atoms with van der Waals surface area (Å²) in [6.07, 6.45) is 5.38. The van der Waals surface area contributed by atoms with Crippen molar-refractivity contribution in [3.8, 4) is 0 Å². The van der Waals surface area contributed by atoms with Crippen LogP contribution in [0.2, 0.25) is 0 Å². The average Bonchev–Trinajstić information content (AvgIpc) is 2.96. The molecule has 1 saturated carbocycles. The lowest BCUT2D eigenvalue weighted by Gasteiger charge is -2.26. The van der Waals surface area contributed by atoms with Gasteiger partial charge >= 0.3 is 12.0 Å². The Bertz CT molecular complexity index is 397. The van der Waals surface area contributed by atoms with E-state index < -0.39 is 5.97 Å². The van der Waals surface area contributed by atoms with Crippen LogP contribution >= 0.6 is 0 Å². The summed E-state index contributed by atoms with van der Waals surface area (Å²) in [5, 5.41) is 12.0. The van der Waals surface area contributed by atoms with Gasteiger partial charge in [-0.15, -0.1) is 0 Å². The maximum atomic E-state index is 12.3. The van der Waals surface area contributed by atoms with Crippen LogP contribution in [0.25, 0.3) is 0 Å². The van der Waals surface area contributed by atoms with E-state index in [1.54, 1.807) is 4.90 Å². The number of aliphatic carboxylic acids is 1. The third-order valence-corrected chi connectivity index (χ3v) is 4.66. The third-order valence-electron chi connectivity index (χ3n) is 4.66. The molecule has 20 heavy (non-hydrogen) atoms. The van der Waals surface area contributed by atoms with E-state index in [1.165, 1.54) is 12.8 Å². The number of nitrogens with one attached hydrogen (secondary N) is 1. The van der Waals surface area contributed by atoms with Crippen LogP contribution in [0, 0.1) is 0 Å². The molecule has 3 rings (SSSR count). The van der Waals surface area contributed by atoms with Crippen LogP contribution < -0.4 is 5.32 Å². The molecule has 0 aromatic rings. The molecule has 2 saturated heterocycles. The van der Waals surface area contributed by atoms with Gasteiger partial charge in [-0.25, -0.2) is 4.79 Å². The van der Waals surface area contributed by atoms with Crippen molar-refractivity contribution in [2.75, 3.05) is 19.6 Å². The van der Waals surface area contributed by atoms with Crippen LogP contribution in [0.5, 0.6) is 0 Å². The summed E-state index contributed by atoms with van der Waals surface area (Å²) >= 11 is 0. The van der Waals surface area contributed by atoms with Crippen molar-refractivity contribution < 1.29 is 14.7 Å². The molecule has 3 aliphatic rings. The minimum atomic E-state index is -0.824. The molecular weight excluding hydrogens is 258 g/mol. The molecule has 0 aromatic carbocycles. The first-order valence-corrected chi connectivity index (χ1v) is 7.66. The normalized spacial score (nSPS) is 30.7. The number of carboxylic acids is 1. The highest BCUT2D eigenvalue weighted by molar-refractivity contribution is 5.76. The molecule has 0 aromatic heterocycles. The fourth-order valence-electron chi connectivity index (χ4n) is 3.45. The van der Waals surface area contributed by atoms with E-state index in [1.807, 2.05) is 0 Å². The fraction of sp³-hybridized carbons (Fsp3) is 0.857. The molecule has 2 N–H and O–H groups in total. The lowest BCUT2D eigenvalue weighted by atomic mass is 10.1. The van der Waals surface area contributed by atoms with Crippen LogP contribution in [-0.2, 0) is 4.79 Å². The number of urea groups is 1. The van der Waals surface area contributed by atoms with Gasteiger partial charge in [0.15, 0.2) is 0 Å². The average molecular weight is 281 g/mol. The predicted molar refractivity (Wildman–Crippen MR) is 73.5 cm³/mol. The zero-order chi connectivity index (χ0) is 14.1. The van der Waals surface area contributed by atoms with E-state index in [-0.39, 0.29) is 24.5 Å². The molecule has 0 bridgehead atoms. The Labute approximate surface area is 119 Å². The minimum Gasteiger partial charge on any atom is -0.481 e. The second kappa shape index (κ2) is 5.60. The molecule has 0 radical (unpaired) electrons. The van der Waals surface area contributed by atoms with Gasteiger partial charge in [-0.1, -0.05) is 0 Å². The molecule has 112 valence electrons. The van der Waals surface area contributed by atoms with E-state index in [0.717, 1.165) is 38.4 Å². The van der Waals surface area contributed by atoms with Crippen LogP contribution in [0.3, 0.4) is 0 Å². The quantitative estimate of drug-likeness (QED) is 0.802. The molecule has 2 atom stereocenters. The first-order chi connectivity index (χ1) is 9.63. The van der Waals surface area contributed by atoms with E-state index in [0.29, 0.717) is 6.54 Å². The summed E-state index contributed by atoms with van der Waals surface area (Å²) in [5.41, 5.74) is 0. The van der Waals surface area contributed by atoms with Crippen molar-refractivity contribution in [2.45, 2.75) is 56.7 Å². The van der Waals surface area contributed by atoms with Gasteiger partial charge in [0.2, 0.25) is 0 Å². The summed E-state index contributed by atoms with van der Waals surface area (Å²) in [5.74, 6) is -0.824. The maximum Gasteiger partial charge on any atom is 0.317 e. The molecule has 2 heterocycles. The Morgan fingerprint density at radius 1 is 1.15 bits per heavy atom. The molecule has 2 aliphatic heterocycles. The molecular formula is C14H23N3O3. The highest BCUT2D eigenvalue weighted by Gasteiger charge is 2.36. The standard InChI is InChI=1S/C14H23N3O3/c18-13(19)8-12-2-1-6-17(12)14(20)15-10-5-7-16(9-10)11-3-4-11/h10-12H,1-9H2,(H,15,20)(H,18,19). The Morgan fingerprint density at radius 2 is 1.95 bits per heavy atom. The number of nitrogens with zero attached hydrogens (tertiary/aromatic N) is 2. The zero-order valence-corrected chi connectivity index (χ0v) is 11.8. The Hall–Kier alpha value is -1.30. The van der Waals surface area contributed by atoms with Crippen LogP contribution in [0.15, 0.2) is 0 Å². The first-order valence-electron chi connectivity index (χ1n) is 7.66. The molecule has 2 unspecified atom stereocenters. The second-order valence-electron chi connectivity index (χ2n) is 6.25. The van der Waals surface area contributed by atoms with Crippen molar-refractivity contribution in [3.05, 3.63) is 0 Å². The molecule has 6 heteroatoms. The lowest BCUT2D eigenvalue weighted by Crippen LogP contribution is -2.48. The maximum absolute atomic E-state index is 12.3. The van der Waals surface area contributed by atoms with Gasteiger partial charge in [0.25, 0.3) is 0 Å². The molecule has 3 fully saturated rings. The topological polar surface area (TPSA) is 72.9 Å².